The summed E-state index contributed by atoms with van der Waals surface area (Å²) in [5, 5.41) is 0. The first-order valence-electron chi connectivity index (χ1n) is 5.45. The van der Waals surface area contributed by atoms with E-state index in [1.807, 2.05) is 30.3 Å². The Kier molecular flexibility index (Phi) is 3.17. The number of hydrogen-bond acceptors (Lipinski definition) is 2. The minimum Gasteiger partial charge on any atom is -0.370 e. The molecular weight excluding hydrogens is 188 g/mol. The van der Waals surface area contributed by atoms with Gasteiger partial charge in [0.25, 0.3) is 0 Å². The molecule has 0 spiro atoms. The van der Waals surface area contributed by atoms with E-state index in [0.29, 0.717) is 12.3 Å². The Hall–Kier alpha value is -1.15. The van der Waals surface area contributed by atoms with Gasteiger partial charge < -0.3 is 4.74 Å². The van der Waals surface area contributed by atoms with E-state index in [2.05, 4.69) is 6.92 Å². The van der Waals surface area contributed by atoms with Crippen LogP contribution in [-0.2, 0) is 16.0 Å². The SMILES string of the molecule is CC1CCOC1C(=O)Cc1ccccc1. The number of rotatable bonds is 3. The summed E-state index contributed by atoms with van der Waals surface area (Å²) >= 11 is 0. The molecule has 2 atom stereocenters. The molecule has 0 radical (unpaired) electrons. The quantitative estimate of drug-likeness (QED) is 0.754. The summed E-state index contributed by atoms with van der Waals surface area (Å²) in [6.45, 7) is 2.81. The van der Waals surface area contributed by atoms with Crippen LogP contribution >= 0.6 is 0 Å². The number of Topliss-reactive ketones (excluding diaryl/α,β-unsaturated/α-hetero) is 1. The van der Waals surface area contributed by atoms with Crippen LogP contribution in [0, 0.1) is 5.92 Å². The van der Waals surface area contributed by atoms with Crippen molar-refractivity contribution in [3.05, 3.63) is 35.9 Å². The van der Waals surface area contributed by atoms with Crippen LogP contribution in [0.2, 0.25) is 0 Å². The van der Waals surface area contributed by atoms with Crippen molar-refractivity contribution in [1.82, 2.24) is 0 Å². The molecule has 1 aliphatic heterocycles. The Balaban J connectivity index is 1.98. The van der Waals surface area contributed by atoms with E-state index < -0.39 is 0 Å². The lowest BCUT2D eigenvalue weighted by atomic mass is 9.96. The molecule has 1 fully saturated rings. The van der Waals surface area contributed by atoms with Crippen molar-refractivity contribution in [1.29, 1.82) is 0 Å². The second-order valence-electron chi connectivity index (χ2n) is 4.19. The minimum absolute atomic E-state index is 0.176. The van der Waals surface area contributed by atoms with Gasteiger partial charge in [0.1, 0.15) is 6.10 Å². The molecule has 2 heteroatoms. The first-order chi connectivity index (χ1) is 7.27. The van der Waals surface area contributed by atoms with Crippen LogP contribution < -0.4 is 0 Å². The Labute approximate surface area is 90.3 Å². The van der Waals surface area contributed by atoms with Gasteiger partial charge in [0.05, 0.1) is 0 Å². The molecule has 2 nitrogen and oxygen atoms in total. The highest BCUT2D eigenvalue weighted by atomic mass is 16.5. The van der Waals surface area contributed by atoms with Gasteiger partial charge in [0, 0.05) is 13.0 Å². The predicted octanol–water partition coefficient (Wildman–Crippen LogP) is 2.22. The molecule has 1 aliphatic rings. The van der Waals surface area contributed by atoms with Crippen molar-refractivity contribution >= 4 is 5.78 Å². The van der Waals surface area contributed by atoms with Gasteiger partial charge in [-0.2, -0.15) is 0 Å². The fourth-order valence-corrected chi connectivity index (χ4v) is 2.00. The molecule has 80 valence electrons. The molecule has 15 heavy (non-hydrogen) atoms. The topological polar surface area (TPSA) is 26.3 Å². The van der Waals surface area contributed by atoms with Gasteiger partial charge in [-0.1, -0.05) is 37.3 Å². The van der Waals surface area contributed by atoms with Crippen LogP contribution in [-0.4, -0.2) is 18.5 Å². The van der Waals surface area contributed by atoms with Gasteiger partial charge in [-0.05, 0) is 17.9 Å². The van der Waals surface area contributed by atoms with Crippen LogP contribution in [0.5, 0.6) is 0 Å². The van der Waals surface area contributed by atoms with E-state index in [0.717, 1.165) is 18.6 Å². The standard InChI is InChI=1S/C13H16O2/c1-10-7-8-15-13(10)12(14)9-11-5-3-2-4-6-11/h2-6,10,13H,7-9H2,1H3. The van der Waals surface area contributed by atoms with Crippen molar-refractivity contribution in [2.45, 2.75) is 25.9 Å². The van der Waals surface area contributed by atoms with Gasteiger partial charge in [-0.3, -0.25) is 4.79 Å². The molecular formula is C13H16O2. The Morgan fingerprint density at radius 1 is 1.40 bits per heavy atom. The second-order valence-corrected chi connectivity index (χ2v) is 4.19. The predicted molar refractivity (Wildman–Crippen MR) is 58.7 cm³/mol. The third-order valence-electron chi connectivity index (χ3n) is 2.93. The Morgan fingerprint density at radius 2 is 2.13 bits per heavy atom. The van der Waals surface area contributed by atoms with Crippen LogP contribution in [0.4, 0.5) is 0 Å². The van der Waals surface area contributed by atoms with E-state index in [4.69, 9.17) is 4.74 Å². The zero-order valence-corrected chi connectivity index (χ0v) is 8.98. The molecule has 0 N–H and O–H groups in total. The molecule has 2 unspecified atom stereocenters. The van der Waals surface area contributed by atoms with Crippen LogP contribution in [0.3, 0.4) is 0 Å². The van der Waals surface area contributed by atoms with Gasteiger partial charge in [0.2, 0.25) is 0 Å². The number of ether oxygens (including phenoxy) is 1. The maximum absolute atomic E-state index is 11.9. The molecule has 2 rings (SSSR count). The van der Waals surface area contributed by atoms with Crippen molar-refractivity contribution < 1.29 is 9.53 Å². The maximum atomic E-state index is 11.9. The average molecular weight is 204 g/mol. The molecule has 0 amide bonds. The molecule has 1 heterocycles. The summed E-state index contributed by atoms with van der Waals surface area (Å²) in [5.41, 5.74) is 1.07. The first kappa shape index (κ1) is 10.4. The van der Waals surface area contributed by atoms with Gasteiger partial charge in [0.15, 0.2) is 5.78 Å². The number of hydrogen-bond donors (Lipinski definition) is 0. The highest BCUT2D eigenvalue weighted by molar-refractivity contribution is 5.85. The summed E-state index contributed by atoms with van der Waals surface area (Å²) in [6.07, 6.45) is 1.33. The average Bonchev–Trinajstić information content (AvgIpc) is 2.66. The third-order valence-corrected chi connectivity index (χ3v) is 2.93. The Morgan fingerprint density at radius 3 is 2.73 bits per heavy atom. The largest absolute Gasteiger partial charge is 0.370 e. The lowest BCUT2D eigenvalue weighted by Gasteiger charge is -2.12. The normalized spacial score (nSPS) is 25.4. The lowest BCUT2D eigenvalue weighted by Crippen LogP contribution is -2.26. The number of ketones is 1. The molecule has 1 saturated heterocycles. The molecule has 0 aliphatic carbocycles. The van der Waals surface area contributed by atoms with E-state index in [-0.39, 0.29) is 11.9 Å². The number of carbonyl (C=O) groups excluding carboxylic acids is 1. The molecule has 1 aromatic rings. The van der Waals surface area contributed by atoms with Crippen molar-refractivity contribution in [2.24, 2.45) is 5.92 Å². The highest BCUT2D eigenvalue weighted by Crippen LogP contribution is 2.21. The monoisotopic (exact) mass is 204 g/mol. The smallest absolute Gasteiger partial charge is 0.166 e. The number of benzene rings is 1. The van der Waals surface area contributed by atoms with E-state index in [9.17, 15) is 4.79 Å². The summed E-state index contributed by atoms with van der Waals surface area (Å²) < 4.78 is 5.45. The van der Waals surface area contributed by atoms with Crippen molar-refractivity contribution in [3.8, 4) is 0 Å². The first-order valence-corrected chi connectivity index (χ1v) is 5.45. The Bertz CT molecular complexity index is 332. The van der Waals surface area contributed by atoms with E-state index in [1.54, 1.807) is 0 Å². The lowest BCUT2D eigenvalue weighted by molar-refractivity contribution is -0.128. The molecule has 0 bridgehead atoms. The summed E-state index contributed by atoms with van der Waals surface area (Å²) in [6, 6.07) is 9.85. The van der Waals surface area contributed by atoms with Crippen molar-refractivity contribution in [3.63, 3.8) is 0 Å². The van der Waals surface area contributed by atoms with Crippen LogP contribution in [0.25, 0.3) is 0 Å². The van der Waals surface area contributed by atoms with Crippen molar-refractivity contribution in [2.75, 3.05) is 6.61 Å². The van der Waals surface area contributed by atoms with Gasteiger partial charge in [-0.25, -0.2) is 0 Å². The van der Waals surface area contributed by atoms with Crippen LogP contribution in [0.15, 0.2) is 30.3 Å². The molecule has 0 saturated carbocycles. The zero-order valence-electron chi connectivity index (χ0n) is 8.98. The van der Waals surface area contributed by atoms with Gasteiger partial charge in [-0.15, -0.1) is 0 Å². The van der Waals surface area contributed by atoms with E-state index in [1.165, 1.54) is 0 Å². The summed E-state index contributed by atoms with van der Waals surface area (Å²) in [4.78, 5) is 11.9. The van der Waals surface area contributed by atoms with Crippen LogP contribution in [0.1, 0.15) is 18.9 Å². The third kappa shape index (κ3) is 2.45. The summed E-state index contributed by atoms with van der Waals surface area (Å²) in [7, 11) is 0. The zero-order chi connectivity index (χ0) is 10.7. The van der Waals surface area contributed by atoms with E-state index >= 15 is 0 Å². The summed E-state index contributed by atoms with van der Waals surface area (Å²) in [5.74, 6) is 0.590. The molecule has 1 aromatic carbocycles. The van der Waals surface area contributed by atoms with Gasteiger partial charge >= 0.3 is 0 Å². The molecule has 0 aromatic heterocycles. The fraction of sp³-hybridized carbons (Fsp3) is 0.462. The fourth-order valence-electron chi connectivity index (χ4n) is 2.00. The second kappa shape index (κ2) is 4.58. The minimum atomic E-state index is -0.176. The highest BCUT2D eigenvalue weighted by Gasteiger charge is 2.30. The maximum Gasteiger partial charge on any atom is 0.166 e. The number of carbonyl (C=O) groups is 1.